The molecule has 7 heteroatoms. The highest BCUT2D eigenvalue weighted by Gasteiger charge is 2.22. The quantitative estimate of drug-likeness (QED) is 0.910. The second-order valence-corrected chi connectivity index (χ2v) is 5.17. The summed E-state index contributed by atoms with van der Waals surface area (Å²) >= 11 is 9.26. The van der Waals surface area contributed by atoms with Crippen molar-refractivity contribution in [1.29, 1.82) is 0 Å². The van der Waals surface area contributed by atoms with Crippen LogP contribution in [0.25, 0.3) is 0 Å². The summed E-state index contributed by atoms with van der Waals surface area (Å²) in [7, 11) is 0. The van der Waals surface area contributed by atoms with Crippen LogP contribution in [0.1, 0.15) is 23.2 Å². The summed E-state index contributed by atoms with van der Waals surface area (Å²) < 4.78 is 27.7. The van der Waals surface area contributed by atoms with Gasteiger partial charge in [0.25, 0.3) is 6.43 Å². The van der Waals surface area contributed by atoms with Crippen molar-refractivity contribution in [2.75, 3.05) is 0 Å². The van der Waals surface area contributed by atoms with Crippen molar-refractivity contribution in [2.45, 2.75) is 19.6 Å². The van der Waals surface area contributed by atoms with Crippen LogP contribution in [0.3, 0.4) is 0 Å². The average molecular weight is 352 g/mol. The fourth-order valence-corrected chi connectivity index (χ4v) is 2.20. The van der Waals surface area contributed by atoms with Crippen LogP contribution in [-0.4, -0.2) is 14.9 Å². The predicted octanol–water partition coefficient (Wildman–Crippen LogP) is 3.78. The summed E-state index contributed by atoms with van der Waals surface area (Å²) in [5, 5.41) is 12.9. The fourth-order valence-electron chi connectivity index (χ4n) is 1.68. The molecular formula is C12H10BrClF2N2O. The Bertz CT molecular complexity index is 572. The topological polar surface area (TPSA) is 38.1 Å². The Hall–Kier alpha value is -0.980. The van der Waals surface area contributed by atoms with Crippen LogP contribution in [-0.2, 0) is 13.2 Å². The largest absolute Gasteiger partial charge is 0.391 e. The van der Waals surface area contributed by atoms with E-state index in [0.29, 0.717) is 0 Å². The van der Waals surface area contributed by atoms with Crippen molar-refractivity contribution in [1.82, 2.24) is 9.78 Å². The molecule has 2 aromatic rings. The molecule has 0 fully saturated rings. The van der Waals surface area contributed by atoms with Crippen molar-refractivity contribution in [3.8, 4) is 0 Å². The van der Waals surface area contributed by atoms with Gasteiger partial charge in [-0.3, -0.25) is 0 Å². The Morgan fingerprint density at radius 2 is 1.95 bits per heavy atom. The zero-order valence-corrected chi connectivity index (χ0v) is 12.0. The molecule has 1 heterocycles. The molecule has 0 saturated heterocycles. The van der Waals surface area contributed by atoms with Crippen LogP contribution < -0.4 is 0 Å². The predicted molar refractivity (Wildman–Crippen MR) is 71.4 cm³/mol. The third-order valence-corrected chi connectivity index (χ3v) is 3.58. The van der Waals surface area contributed by atoms with Gasteiger partial charge in [0.1, 0.15) is 10.8 Å². The van der Waals surface area contributed by atoms with E-state index >= 15 is 0 Å². The second kappa shape index (κ2) is 5.98. The van der Waals surface area contributed by atoms with Gasteiger partial charge in [-0.25, -0.2) is 13.5 Å². The molecule has 19 heavy (non-hydrogen) atoms. The van der Waals surface area contributed by atoms with E-state index in [-0.39, 0.29) is 17.3 Å². The van der Waals surface area contributed by atoms with Crippen LogP contribution in [0.2, 0.25) is 5.15 Å². The molecule has 0 spiro atoms. The minimum absolute atomic E-state index is 0.0196. The summed E-state index contributed by atoms with van der Waals surface area (Å²) in [6, 6.07) is 7.35. The molecule has 3 nitrogen and oxygen atoms in total. The SMILES string of the molecule is OCc1c(C(F)F)nn(Cc2ccc(Br)cc2)c1Cl. The monoisotopic (exact) mass is 350 g/mol. The van der Waals surface area contributed by atoms with E-state index in [9.17, 15) is 8.78 Å². The van der Waals surface area contributed by atoms with Crippen molar-refractivity contribution < 1.29 is 13.9 Å². The van der Waals surface area contributed by atoms with Gasteiger partial charge in [-0.05, 0) is 17.7 Å². The minimum atomic E-state index is -2.76. The maximum absolute atomic E-state index is 12.7. The van der Waals surface area contributed by atoms with E-state index in [1.54, 1.807) is 0 Å². The van der Waals surface area contributed by atoms with Crippen molar-refractivity contribution >= 4 is 27.5 Å². The minimum Gasteiger partial charge on any atom is -0.391 e. The first kappa shape index (κ1) is 14.4. The Morgan fingerprint density at radius 1 is 1.32 bits per heavy atom. The van der Waals surface area contributed by atoms with E-state index in [0.717, 1.165) is 10.0 Å². The lowest BCUT2D eigenvalue weighted by Crippen LogP contribution is -2.02. The van der Waals surface area contributed by atoms with Gasteiger partial charge in [0.2, 0.25) is 0 Å². The summed E-state index contributed by atoms with van der Waals surface area (Å²) in [5.41, 5.74) is 0.385. The molecule has 0 aliphatic heterocycles. The van der Waals surface area contributed by atoms with Gasteiger partial charge in [-0.15, -0.1) is 0 Å². The summed E-state index contributed by atoms with van der Waals surface area (Å²) in [4.78, 5) is 0. The molecule has 102 valence electrons. The van der Waals surface area contributed by atoms with Crippen LogP contribution in [0.4, 0.5) is 8.78 Å². The zero-order valence-electron chi connectivity index (χ0n) is 9.65. The van der Waals surface area contributed by atoms with Crippen molar-refractivity contribution in [3.63, 3.8) is 0 Å². The van der Waals surface area contributed by atoms with Crippen LogP contribution in [0, 0.1) is 0 Å². The molecule has 2 rings (SSSR count). The van der Waals surface area contributed by atoms with Gasteiger partial charge in [0, 0.05) is 10.0 Å². The number of aliphatic hydroxyl groups is 1. The van der Waals surface area contributed by atoms with E-state index in [2.05, 4.69) is 21.0 Å². The molecule has 0 atom stereocenters. The van der Waals surface area contributed by atoms with Gasteiger partial charge in [0.15, 0.2) is 0 Å². The number of aromatic nitrogens is 2. The van der Waals surface area contributed by atoms with Gasteiger partial charge < -0.3 is 5.11 Å². The third kappa shape index (κ3) is 3.13. The zero-order chi connectivity index (χ0) is 14.0. The standard InChI is InChI=1S/C12H10BrClF2N2O/c13-8-3-1-7(2-4-8)5-18-11(14)9(6-19)10(17-18)12(15)16/h1-4,12,19H,5-6H2. The number of alkyl halides is 2. The number of benzene rings is 1. The van der Waals surface area contributed by atoms with Crippen LogP contribution in [0.5, 0.6) is 0 Å². The van der Waals surface area contributed by atoms with Gasteiger partial charge in [-0.2, -0.15) is 5.10 Å². The van der Waals surface area contributed by atoms with Gasteiger partial charge in [-0.1, -0.05) is 39.7 Å². The van der Waals surface area contributed by atoms with Crippen molar-refractivity contribution in [2.24, 2.45) is 0 Å². The number of rotatable bonds is 4. The molecule has 0 radical (unpaired) electrons. The first-order chi connectivity index (χ1) is 9.02. The maximum atomic E-state index is 12.7. The Labute approximate surface area is 121 Å². The number of hydrogen-bond donors (Lipinski definition) is 1. The lowest BCUT2D eigenvalue weighted by Gasteiger charge is -2.04. The molecule has 0 aliphatic carbocycles. The lowest BCUT2D eigenvalue weighted by atomic mass is 10.2. The smallest absolute Gasteiger partial charge is 0.282 e. The first-order valence-electron chi connectivity index (χ1n) is 5.41. The van der Waals surface area contributed by atoms with Crippen LogP contribution in [0.15, 0.2) is 28.7 Å². The third-order valence-electron chi connectivity index (χ3n) is 2.62. The molecule has 0 bridgehead atoms. The molecule has 1 aromatic heterocycles. The van der Waals surface area contributed by atoms with Crippen LogP contribution >= 0.6 is 27.5 Å². The molecule has 1 N–H and O–H groups in total. The van der Waals surface area contributed by atoms with E-state index in [1.165, 1.54) is 4.68 Å². The van der Waals surface area contributed by atoms with E-state index in [4.69, 9.17) is 16.7 Å². The normalized spacial score (nSPS) is 11.3. The lowest BCUT2D eigenvalue weighted by molar-refractivity contribution is 0.141. The molecule has 0 unspecified atom stereocenters. The highest BCUT2D eigenvalue weighted by atomic mass is 79.9. The number of hydrogen-bond acceptors (Lipinski definition) is 2. The molecule has 1 aromatic carbocycles. The summed E-state index contributed by atoms with van der Waals surface area (Å²) in [6.45, 7) is -0.287. The summed E-state index contributed by atoms with van der Waals surface area (Å²) in [6.07, 6.45) is -2.76. The Kier molecular flexibility index (Phi) is 4.54. The molecule has 0 amide bonds. The van der Waals surface area contributed by atoms with E-state index in [1.807, 2.05) is 24.3 Å². The fraction of sp³-hybridized carbons (Fsp3) is 0.250. The Balaban J connectivity index is 2.32. The van der Waals surface area contributed by atoms with Gasteiger partial charge >= 0.3 is 0 Å². The van der Waals surface area contributed by atoms with Crippen molar-refractivity contribution in [3.05, 3.63) is 50.7 Å². The summed E-state index contributed by atoms with van der Waals surface area (Å²) in [5.74, 6) is 0. The molecular weight excluding hydrogens is 341 g/mol. The van der Waals surface area contributed by atoms with E-state index < -0.39 is 18.7 Å². The highest BCUT2D eigenvalue weighted by Crippen LogP contribution is 2.28. The maximum Gasteiger partial charge on any atom is 0.282 e. The molecule has 0 saturated carbocycles. The number of halogens is 4. The Morgan fingerprint density at radius 3 is 2.42 bits per heavy atom. The highest BCUT2D eigenvalue weighted by molar-refractivity contribution is 9.10. The second-order valence-electron chi connectivity index (χ2n) is 3.90. The number of aliphatic hydroxyl groups excluding tert-OH is 1. The van der Waals surface area contributed by atoms with Gasteiger partial charge in [0.05, 0.1) is 13.2 Å². The number of nitrogens with zero attached hydrogens (tertiary/aromatic N) is 2. The molecule has 0 aliphatic rings. The average Bonchev–Trinajstić information content (AvgIpc) is 2.69. The first-order valence-corrected chi connectivity index (χ1v) is 6.58.